The molecule has 0 radical (unpaired) electrons. The van der Waals surface area contributed by atoms with E-state index in [4.69, 9.17) is 19.8 Å². The van der Waals surface area contributed by atoms with E-state index in [2.05, 4.69) is 15.9 Å². The van der Waals surface area contributed by atoms with Crippen molar-refractivity contribution in [1.82, 2.24) is 19.8 Å². The molecule has 3 aromatic rings. The molecule has 0 aliphatic carbocycles. The molecule has 0 bridgehead atoms. The number of thiophene rings is 1. The van der Waals surface area contributed by atoms with Crippen LogP contribution in [0.4, 0.5) is 10.6 Å². The number of morpholine rings is 1. The summed E-state index contributed by atoms with van der Waals surface area (Å²) < 4.78 is 6.58. The number of aromatic nitrogens is 2. The summed E-state index contributed by atoms with van der Waals surface area (Å²) in [6, 6.07) is 9.13. The quantitative estimate of drug-likeness (QED) is 0.619. The number of fused-ring (bicyclic) bond motifs is 1. The van der Waals surface area contributed by atoms with E-state index in [1.54, 1.807) is 29.5 Å². The second-order valence-electron chi connectivity index (χ2n) is 7.99. The van der Waals surface area contributed by atoms with Gasteiger partial charge in [0.25, 0.3) is 0 Å². The van der Waals surface area contributed by atoms with Crippen molar-refractivity contribution < 1.29 is 19.7 Å². The third kappa shape index (κ3) is 4.34. The third-order valence-corrected chi connectivity index (χ3v) is 6.95. The van der Waals surface area contributed by atoms with Crippen LogP contribution in [-0.4, -0.2) is 88.6 Å². The molecule has 2 aliphatic rings. The van der Waals surface area contributed by atoms with Gasteiger partial charge in [-0.1, -0.05) is 12.1 Å². The fraction of sp³-hybridized carbons (Fsp3) is 0.409. The van der Waals surface area contributed by atoms with Gasteiger partial charge in [-0.3, -0.25) is 4.90 Å². The van der Waals surface area contributed by atoms with Gasteiger partial charge >= 0.3 is 6.09 Å². The number of ether oxygens (including phenoxy) is 1. The highest BCUT2D eigenvalue weighted by Crippen LogP contribution is 2.35. The molecule has 1 amide bonds. The number of rotatable bonds is 4. The first-order valence-corrected chi connectivity index (χ1v) is 11.5. The highest BCUT2D eigenvalue weighted by molar-refractivity contribution is 7.19. The lowest BCUT2D eigenvalue weighted by molar-refractivity contribution is 0.103. The van der Waals surface area contributed by atoms with Crippen LogP contribution >= 0.6 is 11.3 Å². The summed E-state index contributed by atoms with van der Waals surface area (Å²) in [4.78, 5) is 28.0. The smallest absolute Gasteiger partial charge is 0.407 e. The summed E-state index contributed by atoms with van der Waals surface area (Å²) in [5.41, 5.74) is 1.67. The van der Waals surface area contributed by atoms with E-state index in [-0.39, 0.29) is 5.75 Å². The Morgan fingerprint density at radius 3 is 2.56 bits per heavy atom. The van der Waals surface area contributed by atoms with Gasteiger partial charge in [-0.05, 0) is 18.2 Å². The summed E-state index contributed by atoms with van der Waals surface area (Å²) in [6.07, 6.45) is -0.851. The van der Waals surface area contributed by atoms with Gasteiger partial charge in [0.1, 0.15) is 5.75 Å². The molecule has 2 fully saturated rings. The van der Waals surface area contributed by atoms with Gasteiger partial charge in [0.2, 0.25) is 0 Å². The van der Waals surface area contributed by atoms with Gasteiger partial charge in [0.05, 0.1) is 23.4 Å². The van der Waals surface area contributed by atoms with Crippen LogP contribution < -0.4 is 4.90 Å². The first-order chi connectivity index (χ1) is 15.6. The van der Waals surface area contributed by atoms with Crippen LogP contribution in [0.3, 0.4) is 0 Å². The van der Waals surface area contributed by atoms with Crippen LogP contribution in [0.5, 0.6) is 5.75 Å². The average molecular weight is 456 g/mol. The molecule has 0 unspecified atom stereocenters. The van der Waals surface area contributed by atoms with Crippen molar-refractivity contribution in [3.05, 3.63) is 35.2 Å². The SMILES string of the molecule is O=C(O)N1CCN(Cc2cc3nc(-c4cccc(O)c4)nc(N4CCOCC4)c3s2)CC1. The number of hydrogen-bond acceptors (Lipinski definition) is 8. The Kier molecular flexibility index (Phi) is 5.81. The molecule has 9 nitrogen and oxygen atoms in total. The normalized spacial score (nSPS) is 17.8. The molecule has 32 heavy (non-hydrogen) atoms. The standard InChI is InChI=1S/C22H25N5O4S/c28-16-3-1-2-15(12-16)20-23-18-13-17(14-25-4-6-27(7-5-25)22(29)30)32-19(18)21(24-20)26-8-10-31-11-9-26/h1-3,12-13,28H,4-11,14H2,(H,29,30). The van der Waals surface area contributed by atoms with E-state index in [0.717, 1.165) is 54.3 Å². The molecule has 2 aliphatic heterocycles. The zero-order valence-corrected chi connectivity index (χ0v) is 18.4. The minimum absolute atomic E-state index is 0.186. The molecule has 2 aromatic heterocycles. The molecular weight excluding hydrogens is 430 g/mol. The lowest BCUT2D eigenvalue weighted by atomic mass is 10.2. The van der Waals surface area contributed by atoms with Crippen LogP contribution in [0, 0.1) is 0 Å². The van der Waals surface area contributed by atoms with Gasteiger partial charge < -0.3 is 24.7 Å². The van der Waals surface area contributed by atoms with Gasteiger partial charge in [-0.15, -0.1) is 11.3 Å². The molecule has 1 aromatic carbocycles. The largest absolute Gasteiger partial charge is 0.508 e. The number of hydrogen-bond donors (Lipinski definition) is 2. The monoisotopic (exact) mass is 455 g/mol. The third-order valence-electron chi connectivity index (χ3n) is 5.84. The van der Waals surface area contributed by atoms with Crippen molar-refractivity contribution in [1.29, 1.82) is 0 Å². The second-order valence-corrected chi connectivity index (χ2v) is 9.13. The summed E-state index contributed by atoms with van der Waals surface area (Å²) in [5, 5.41) is 19.1. The first kappa shape index (κ1) is 20.9. The number of aromatic hydroxyl groups is 1. The fourth-order valence-electron chi connectivity index (χ4n) is 4.12. The number of piperazine rings is 1. The number of benzene rings is 1. The predicted octanol–water partition coefficient (Wildman–Crippen LogP) is 2.70. The van der Waals surface area contributed by atoms with E-state index >= 15 is 0 Å². The number of amides is 1. The van der Waals surface area contributed by atoms with E-state index in [1.165, 1.54) is 9.78 Å². The molecule has 0 spiro atoms. The Morgan fingerprint density at radius 1 is 1.06 bits per heavy atom. The summed E-state index contributed by atoms with van der Waals surface area (Å²) >= 11 is 1.70. The Hall–Kier alpha value is -2.95. The summed E-state index contributed by atoms with van der Waals surface area (Å²) in [6.45, 7) is 6.14. The van der Waals surface area contributed by atoms with Crippen molar-refractivity contribution in [2.24, 2.45) is 0 Å². The zero-order chi connectivity index (χ0) is 22.1. The van der Waals surface area contributed by atoms with Crippen molar-refractivity contribution >= 4 is 33.5 Å². The van der Waals surface area contributed by atoms with Crippen LogP contribution in [0.2, 0.25) is 0 Å². The maximum absolute atomic E-state index is 11.2. The zero-order valence-electron chi connectivity index (χ0n) is 17.6. The lowest BCUT2D eigenvalue weighted by Crippen LogP contribution is -2.47. The van der Waals surface area contributed by atoms with Crippen molar-refractivity contribution in [2.45, 2.75) is 6.54 Å². The predicted molar refractivity (Wildman–Crippen MR) is 122 cm³/mol. The fourth-order valence-corrected chi connectivity index (χ4v) is 5.28. The number of carbonyl (C=O) groups is 1. The molecule has 0 atom stereocenters. The van der Waals surface area contributed by atoms with E-state index in [1.807, 2.05) is 6.07 Å². The lowest BCUT2D eigenvalue weighted by Gasteiger charge is -2.32. The highest BCUT2D eigenvalue weighted by atomic mass is 32.1. The number of carboxylic acid groups (broad SMARTS) is 1. The average Bonchev–Trinajstić information content (AvgIpc) is 3.21. The topological polar surface area (TPSA) is 102 Å². The van der Waals surface area contributed by atoms with Gasteiger partial charge in [0.15, 0.2) is 11.6 Å². The molecule has 168 valence electrons. The van der Waals surface area contributed by atoms with Crippen LogP contribution in [-0.2, 0) is 11.3 Å². The summed E-state index contributed by atoms with van der Waals surface area (Å²) in [7, 11) is 0. The Balaban J connectivity index is 1.47. The molecule has 0 saturated carbocycles. The molecule has 2 N–H and O–H groups in total. The van der Waals surface area contributed by atoms with Gasteiger partial charge in [0, 0.05) is 56.3 Å². The number of phenols is 1. The van der Waals surface area contributed by atoms with E-state index in [9.17, 15) is 9.90 Å². The van der Waals surface area contributed by atoms with Crippen LogP contribution in [0.15, 0.2) is 30.3 Å². The molecule has 10 heteroatoms. The maximum atomic E-state index is 11.2. The van der Waals surface area contributed by atoms with Crippen LogP contribution in [0.1, 0.15) is 4.88 Å². The Bertz CT molecular complexity index is 1120. The minimum atomic E-state index is -0.851. The van der Waals surface area contributed by atoms with Crippen molar-refractivity contribution in [2.75, 3.05) is 57.4 Å². The number of nitrogens with zero attached hydrogens (tertiary/aromatic N) is 5. The minimum Gasteiger partial charge on any atom is -0.508 e. The number of phenolic OH excluding ortho intramolecular Hbond substituents is 1. The van der Waals surface area contributed by atoms with E-state index in [0.29, 0.717) is 32.1 Å². The molecule has 5 rings (SSSR count). The van der Waals surface area contributed by atoms with E-state index < -0.39 is 6.09 Å². The maximum Gasteiger partial charge on any atom is 0.407 e. The number of anilines is 1. The van der Waals surface area contributed by atoms with Crippen molar-refractivity contribution in [3.8, 4) is 17.1 Å². The Labute approximate surface area is 189 Å². The molecular formula is C22H25N5O4S. The van der Waals surface area contributed by atoms with Gasteiger partial charge in [-0.2, -0.15) is 0 Å². The first-order valence-electron chi connectivity index (χ1n) is 10.7. The van der Waals surface area contributed by atoms with Crippen molar-refractivity contribution in [3.63, 3.8) is 0 Å². The molecule has 2 saturated heterocycles. The van der Waals surface area contributed by atoms with Crippen LogP contribution in [0.25, 0.3) is 21.6 Å². The van der Waals surface area contributed by atoms with Gasteiger partial charge in [-0.25, -0.2) is 14.8 Å². The summed E-state index contributed by atoms with van der Waals surface area (Å²) in [5.74, 6) is 1.68. The molecule has 4 heterocycles. The second kappa shape index (κ2) is 8.89. The Morgan fingerprint density at radius 2 is 1.84 bits per heavy atom. The highest BCUT2D eigenvalue weighted by Gasteiger charge is 2.23.